The molecule has 0 aliphatic carbocycles. The number of aliphatic hydroxyl groups excluding tert-OH is 8. The lowest BCUT2D eigenvalue weighted by atomic mass is 9.97. The third kappa shape index (κ3) is 50.9. The molecule has 2 aliphatic heterocycles. The van der Waals surface area contributed by atoms with Gasteiger partial charge in [0.25, 0.3) is 0 Å². The first kappa shape index (κ1) is 92.0. The summed E-state index contributed by atoms with van der Waals surface area (Å²) in [6.07, 6.45) is 80.1. The van der Waals surface area contributed by atoms with Crippen molar-refractivity contribution < 1.29 is 64.6 Å². The summed E-state index contributed by atoms with van der Waals surface area (Å²) < 4.78 is 23.0. The lowest BCUT2D eigenvalue weighted by molar-refractivity contribution is -0.359. The lowest BCUT2D eigenvalue weighted by Gasteiger charge is -2.46. The molecule has 14 heteroatoms. The van der Waals surface area contributed by atoms with E-state index in [2.05, 4.69) is 116 Å². The van der Waals surface area contributed by atoms with Crippen LogP contribution in [0.3, 0.4) is 0 Å². The van der Waals surface area contributed by atoms with Gasteiger partial charge < -0.3 is 65.1 Å². The number of unbranched alkanes of at least 4 members (excludes halogenated alkanes) is 39. The van der Waals surface area contributed by atoms with Crippen molar-refractivity contribution in [2.24, 2.45) is 0 Å². The maximum Gasteiger partial charge on any atom is 0.220 e. The number of hydrogen-bond acceptors (Lipinski definition) is 13. The Morgan fingerprint density at radius 3 is 1.07 bits per heavy atom. The number of amides is 1. The highest BCUT2D eigenvalue weighted by atomic mass is 16.7. The van der Waals surface area contributed by atoms with E-state index >= 15 is 0 Å². The van der Waals surface area contributed by atoms with Crippen LogP contribution in [0.15, 0.2) is 97.2 Å². The number of rotatable bonds is 68. The normalized spacial score (nSPS) is 22.4. The maximum atomic E-state index is 13.4. The highest BCUT2D eigenvalue weighted by Gasteiger charge is 2.51. The fourth-order valence-corrected chi connectivity index (χ4v) is 13.1. The first-order valence-corrected chi connectivity index (χ1v) is 41.0. The number of carbonyl (C=O) groups excluding carboxylic acids is 1. The van der Waals surface area contributed by atoms with Crippen LogP contribution in [-0.4, -0.2) is 140 Å². The fraction of sp³-hybridized carbons (Fsp3) is 0.800. The molecule has 574 valence electrons. The Labute approximate surface area is 604 Å². The van der Waals surface area contributed by atoms with E-state index in [1.807, 2.05) is 0 Å². The quantitative estimate of drug-likeness (QED) is 0.0204. The van der Waals surface area contributed by atoms with Gasteiger partial charge in [0.15, 0.2) is 12.6 Å². The van der Waals surface area contributed by atoms with E-state index in [-0.39, 0.29) is 12.5 Å². The van der Waals surface area contributed by atoms with Crippen LogP contribution < -0.4 is 5.32 Å². The minimum Gasteiger partial charge on any atom is -0.394 e. The van der Waals surface area contributed by atoms with E-state index in [0.717, 1.165) is 103 Å². The summed E-state index contributed by atoms with van der Waals surface area (Å²) in [6, 6.07) is -0.834. The molecule has 9 N–H and O–H groups in total. The fourth-order valence-electron chi connectivity index (χ4n) is 13.1. The number of carbonyl (C=O) groups is 1. The highest BCUT2D eigenvalue weighted by molar-refractivity contribution is 5.76. The van der Waals surface area contributed by atoms with Gasteiger partial charge in [0.2, 0.25) is 5.91 Å². The third-order valence-electron chi connectivity index (χ3n) is 19.6. The van der Waals surface area contributed by atoms with Crippen LogP contribution in [0, 0.1) is 0 Å². The van der Waals surface area contributed by atoms with Crippen LogP contribution in [0.1, 0.15) is 341 Å². The van der Waals surface area contributed by atoms with Crippen molar-refractivity contribution in [2.45, 2.75) is 415 Å². The molecular formula is C85H151NO13. The second kappa shape index (κ2) is 68.0. The Bertz CT molecular complexity index is 2040. The summed E-state index contributed by atoms with van der Waals surface area (Å²) in [7, 11) is 0. The average molecular weight is 1400 g/mol. The molecule has 12 unspecified atom stereocenters. The lowest BCUT2D eigenvalue weighted by Crippen LogP contribution is -2.65. The van der Waals surface area contributed by atoms with Crippen molar-refractivity contribution in [1.29, 1.82) is 0 Å². The SMILES string of the molecule is CC/C=C\C/C=C\C/C=C\C/C=C\C/C=C\C/C=C\C/C=C\C/C=C\CCCCCCCCCCCCCCCCCCC(=O)NC(COC1OC(CO)C(OC2OC(CO)C(O)C(O)C2O)C(O)C1O)C(O)CCCCCCCCCCCCCCCCCCCCCCCCCC. The molecule has 1 amide bonds. The maximum absolute atomic E-state index is 13.4. The molecule has 0 aromatic carbocycles. The zero-order valence-electron chi connectivity index (χ0n) is 63.0. The van der Waals surface area contributed by atoms with Crippen molar-refractivity contribution >= 4 is 5.91 Å². The minimum atomic E-state index is -1.79. The van der Waals surface area contributed by atoms with Gasteiger partial charge in [-0.05, 0) is 77.0 Å². The van der Waals surface area contributed by atoms with E-state index in [1.165, 1.54) is 212 Å². The van der Waals surface area contributed by atoms with Gasteiger partial charge in [-0.25, -0.2) is 0 Å². The number of nitrogens with one attached hydrogen (secondary N) is 1. The van der Waals surface area contributed by atoms with Crippen molar-refractivity contribution in [2.75, 3.05) is 19.8 Å². The van der Waals surface area contributed by atoms with Crippen LogP contribution in [0.5, 0.6) is 0 Å². The summed E-state index contributed by atoms with van der Waals surface area (Å²) in [5.41, 5.74) is 0. The van der Waals surface area contributed by atoms with Gasteiger partial charge in [0.05, 0.1) is 32.0 Å². The molecule has 2 aliphatic rings. The Morgan fingerprint density at radius 1 is 0.374 bits per heavy atom. The number of hydrogen-bond donors (Lipinski definition) is 9. The van der Waals surface area contributed by atoms with Gasteiger partial charge in [-0.3, -0.25) is 4.79 Å². The molecule has 0 bridgehead atoms. The van der Waals surface area contributed by atoms with Gasteiger partial charge in [0.1, 0.15) is 48.8 Å². The summed E-state index contributed by atoms with van der Waals surface area (Å²) in [4.78, 5) is 13.4. The molecule has 2 rings (SSSR count). The predicted octanol–water partition coefficient (Wildman–Crippen LogP) is 18.9. The summed E-state index contributed by atoms with van der Waals surface area (Å²) in [6.45, 7) is 2.79. The zero-order valence-corrected chi connectivity index (χ0v) is 63.0. The van der Waals surface area contributed by atoms with Crippen molar-refractivity contribution in [3.8, 4) is 0 Å². The number of aliphatic hydroxyl groups is 8. The largest absolute Gasteiger partial charge is 0.394 e. The van der Waals surface area contributed by atoms with Crippen LogP contribution in [0.4, 0.5) is 0 Å². The molecule has 2 saturated heterocycles. The number of allylic oxidation sites excluding steroid dienone is 16. The molecule has 0 radical (unpaired) electrons. The first-order chi connectivity index (χ1) is 48.6. The van der Waals surface area contributed by atoms with E-state index in [1.54, 1.807) is 0 Å². The first-order valence-electron chi connectivity index (χ1n) is 41.0. The van der Waals surface area contributed by atoms with E-state index in [0.29, 0.717) is 12.8 Å². The molecule has 2 heterocycles. The summed E-state index contributed by atoms with van der Waals surface area (Å²) >= 11 is 0. The molecular weight excluding hydrogens is 1240 g/mol. The monoisotopic (exact) mass is 1390 g/mol. The second-order valence-corrected chi connectivity index (χ2v) is 28.5. The van der Waals surface area contributed by atoms with Gasteiger partial charge in [0, 0.05) is 6.42 Å². The molecule has 2 fully saturated rings. The van der Waals surface area contributed by atoms with E-state index in [9.17, 15) is 45.6 Å². The topological polar surface area (TPSA) is 228 Å². The van der Waals surface area contributed by atoms with Gasteiger partial charge >= 0.3 is 0 Å². The standard InChI is InChI=1S/C85H151NO13/c1-3-5-7-9-11-13-15-17-19-21-23-25-27-29-30-31-32-33-34-35-36-37-38-39-40-41-42-43-44-45-47-49-51-53-55-57-59-61-63-65-67-69-77(90)86-73(72-96-84-82(95)80(93)83(76(71-88)98-84)99-85-81(94)79(92)78(91)75(70-87)97-85)74(89)68-66-64-62-60-58-56-54-52-50-48-46-28-26-24-22-20-18-16-14-12-10-8-6-4-2/h5,7,11,13,17,19,23,25,29-30,32-33,35-36,38-39,73-76,78-85,87-89,91-95H,3-4,6,8-10,12,14-16,18,20-22,24,26-28,31,34,37,40-72H2,1-2H3,(H,86,90)/b7-5-,13-11-,19-17-,25-23-,30-29-,33-32-,36-35-,39-38-. The molecule has 0 saturated carbocycles. The number of ether oxygens (including phenoxy) is 4. The Hall–Kier alpha value is -3.09. The second-order valence-electron chi connectivity index (χ2n) is 28.5. The molecule has 14 nitrogen and oxygen atoms in total. The molecule has 12 atom stereocenters. The van der Waals surface area contributed by atoms with Crippen LogP contribution in [0.2, 0.25) is 0 Å². The Morgan fingerprint density at radius 2 is 0.697 bits per heavy atom. The highest BCUT2D eigenvalue weighted by Crippen LogP contribution is 2.30. The Kier molecular flexibility index (Phi) is 63.2. The van der Waals surface area contributed by atoms with Crippen LogP contribution >= 0.6 is 0 Å². The molecule has 0 aromatic rings. The zero-order chi connectivity index (χ0) is 71.5. The smallest absolute Gasteiger partial charge is 0.220 e. The van der Waals surface area contributed by atoms with Gasteiger partial charge in [-0.1, -0.05) is 355 Å². The van der Waals surface area contributed by atoms with Gasteiger partial charge in [-0.2, -0.15) is 0 Å². The van der Waals surface area contributed by atoms with Crippen molar-refractivity contribution in [3.05, 3.63) is 97.2 Å². The summed E-state index contributed by atoms with van der Waals surface area (Å²) in [5.74, 6) is -0.204. The molecule has 99 heavy (non-hydrogen) atoms. The molecule has 0 spiro atoms. The Balaban J connectivity index is 1.58. The van der Waals surface area contributed by atoms with Gasteiger partial charge in [-0.15, -0.1) is 0 Å². The van der Waals surface area contributed by atoms with E-state index < -0.39 is 86.8 Å². The van der Waals surface area contributed by atoms with Crippen molar-refractivity contribution in [3.63, 3.8) is 0 Å². The minimum absolute atomic E-state index is 0.204. The third-order valence-corrected chi connectivity index (χ3v) is 19.6. The van der Waals surface area contributed by atoms with Crippen LogP contribution in [0.25, 0.3) is 0 Å². The molecule has 0 aromatic heterocycles. The predicted molar refractivity (Wildman–Crippen MR) is 410 cm³/mol. The van der Waals surface area contributed by atoms with Crippen molar-refractivity contribution in [1.82, 2.24) is 5.32 Å². The van der Waals surface area contributed by atoms with Crippen LogP contribution in [-0.2, 0) is 23.7 Å². The summed E-state index contributed by atoms with van der Waals surface area (Å²) in [5, 5.41) is 87.9. The average Bonchev–Trinajstić information content (AvgIpc) is 0.799. The van der Waals surface area contributed by atoms with E-state index in [4.69, 9.17) is 18.9 Å².